The minimum atomic E-state index is -3.90. The summed E-state index contributed by atoms with van der Waals surface area (Å²) in [5.41, 5.74) is 7.28. The number of rotatable bonds is 7. The third-order valence-corrected chi connectivity index (χ3v) is 3.56. The van der Waals surface area contributed by atoms with Crippen LogP contribution in [-0.4, -0.2) is 32.9 Å². The second-order valence-corrected chi connectivity index (χ2v) is 5.71. The largest absolute Gasteiger partial charge is 0.497 e. The lowest BCUT2D eigenvalue weighted by Crippen LogP contribution is -2.05. The molecule has 6 nitrogen and oxygen atoms in total. The Bertz CT molecular complexity index is 527. The summed E-state index contributed by atoms with van der Waals surface area (Å²) < 4.78 is 40.2. The highest BCUT2D eigenvalue weighted by atomic mass is 32.2. The van der Waals surface area contributed by atoms with Crippen molar-refractivity contribution in [2.45, 2.75) is 19.3 Å². The molecule has 0 saturated heterocycles. The van der Waals surface area contributed by atoms with Crippen molar-refractivity contribution >= 4 is 15.8 Å². The Labute approximate surface area is 113 Å². The molecule has 1 rings (SSSR count). The van der Waals surface area contributed by atoms with Gasteiger partial charge in [-0.2, -0.15) is 8.42 Å². The van der Waals surface area contributed by atoms with Crippen molar-refractivity contribution in [2.24, 2.45) is 0 Å². The van der Waals surface area contributed by atoms with E-state index in [2.05, 4.69) is 0 Å². The first-order valence-electron chi connectivity index (χ1n) is 5.83. The summed E-state index contributed by atoms with van der Waals surface area (Å²) >= 11 is 0. The van der Waals surface area contributed by atoms with E-state index in [0.29, 0.717) is 36.4 Å². The topological polar surface area (TPSA) is 98.9 Å². The SMILES string of the molecule is COc1cc(N)c(CCCCS(=O)(=O)O)c(OC)c1. The maximum absolute atomic E-state index is 10.6. The first kappa shape index (κ1) is 15.6. The van der Waals surface area contributed by atoms with Crippen LogP contribution < -0.4 is 15.2 Å². The van der Waals surface area contributed by atoms with E-state index in [0.717, 1.165) is 5.56 Å². The standard InChI is InChI=1S/C12H19NO5S/c1-17-9-7-11(13)10(12(8-9)18-2)5-3-4-6-19(14,15)16/h7-8H,3-6,13H2,1-2H3,(H,14,15,16). The van der Waals surface area contributed by atoms with Gasteiger partial charge >= 0.3 is 0 Å². The number of hydrogen-bond acceptors (Lipinski definition) is 5. The molecule has 0 aliphatic heterocycles. The normalized spacial score (nSPS) is 11.3. The van der Waals surface area contributed by atoms with E-state index in [4.69, 9.17) is 19.8 Å². The van der Waals surface area contributed by atoms with Crippen LogP contribution in [0.3, 0.4) is 0 Å². The van der Waals surface area contributed by atoms with Gasteiger partial charge in [0.15, 0.2) is 0 Å². The summed E-state index contributed by atoms with van der Waals surface area (Å²) in [5, 5.41) is 0. The lowest BCUT2D eigenvalue weighted by Gasteiger charge is -2.13. The number of benzene rings is 1. The number of hydrogen-bond donors (Lipinski definition) is 2. The average Bonchev–Trinajstić information content (AvgIpc) is 2.34. The molecule has 7 heteroatoms. The molecule has 0 aromatic heterocycles. The minimum Gasteiger partial charge on any atom is -0.497 e. The average molecular weight is 289 g/mol. The predicted octanol–water partition coefficient (Wildman–Crippen LogP) is 1.50. The van der Waals surface area contributed by atoms with E-state index in [1.54, 1.807) is 19.2 Å². The molecule has 0 spiro atoms. The van der Waals surface area contributed by atoms with Gasteiger partial charge in [0.05, 0.1) is 20.0 Å². The van der Waals surface area contributed by atoms with Crippen LogP contribution in [0.5, 0.6) is 11.5 Å². The molecule has 3 N–H and O–H groups in total. The maximum atomic E-state index is 10.6. The van der Waals surface area contributed by atoms with Crippen LogP contribution in [0.15, 0.2) is 12.1 Å². The van der Waals surface area contributed by atoms with Gasteiger partial charge in [-0.1, -0.05) is 0 Å². The van der Waals surface area contributed by atoms with Crippen LogP contribution in [0.2, 0.25) is 0 Å². The summed E-state index contributed by atoms with van der Waals surface area (Å²) in [6.45, 7) is 0. The Morgan fingerprint density at radius 3 is 2.42 bits per heavy atom. The van der Waals surface area contributed by atoms with Crippen molar-refractivity contribution in [3.05, 3.63) is 17.7 Å². The summed E-state index contributed by atoms with van der Waals surface area (Å²) in [6.07, 6.45) is 1.54. The van der Waals surface area contributed by atoms with Crippen molar-refractivity contribution in [1.82, 2.24) is 0 Å². The van der Waals surface area contributed by atoms with Gasteiger partial charge in [-0.3, -0.25) is 4.55 Å². The Kier molecular flexibility index (Phi) is 5.44. The number of nitrogens with two attached hydrogens (primary N) is 1. The molecule has 19 heavy (non-hydrogen) atoms. The fourth-order valence-corrected chi connectivity index (χ4v) is 2.36. The lowest BCUT2D eigenvalue weighted by molar-refractivity contribution is 0.391. The van der Waals surface area contributed by atoms with Crippen LogP contribution in [0.25, 0.3) is 0 Å². The number of methoxy groups -OCH3 is 2. The van der Waals surface area contributed by atoms with Crippen LogP contribution >= 0.6 is 0 Å². The highest BCUT2D eigenvalue weighted by molar-refractivity contribution is 7.85. The highest BCUT2D eigenvalue weighted by Crippen LogP contribution is 2.31. The number of anilines is 1. The summed E-state index contributed by atoms with van der Waals surface area (Å²) in [7, 11) is -0.818. The molecule has 0 fully saturated rings. The first-order valence-corrected chi connectivity index (χ1v) is 7.44. The van der Waals surface area contributed by atoms with Crippen LogP contribution in [0.4, 0.5) is 5.69 Å². The van der Waals surface area contributed by atoms with Gasteiger partial charge in [0.1, 0.15) is 11.5 Å². The van der Waals surface area contributed by atoms with Gasteiger partial charge in [0.2, 0.25) is 0 Å². The van der Waals surface area contributed by atoms with Crippen molar-refractivity contribution in [3.8, 4) is 11.5 Å². The molecular weight excluding hydrogens is 270 g/mol. The Morgan fingerprint density at radius 1 is 1.21 bits per heavy atom. The van der Waals surface area contributed by atoms with E-state index < -0.39 is 10.1 Å². The molecule has 0 atom stereocenters. The Hall–Kier alpha value is -1.47. The smallest absolute Gasteiger partial charge is 0.264 e. The lowest BCUT2D eigenvalue weighted by atomic mass is 10.0. The van der Waals surface area contributed by atoms with Crippen molar-refractivity contribution < 1.29 is 22.4 Å². The molecule has 0 bridgehead atoms. The second kappa shape index (κ2) is 6.63. The molecule has 0 amide bonds. The van der Waals surface area contributed by atoms with E-state index in [-0.39, 0.29) is 5.75 Å². The van der Waals surface area contributed by atoms with Gasteiger partial charge in [0, 0.05) is 23.4 Å². The fourth-order valence-electron chi connectivity index (χ4n) is 1.79. The van der Waals surface area contributed by atoms with Crippen molar-refractivity contribution in [3.63, 3.8) is 0 Å². The fraction of sp³-hybridized carbons (Fsp3) is 0.500. The van der Waals surface area contributed by atoms with Crippen LogP contribution in [0.1, 0.15) is 18.4 Å². The Morgan fingerprint density at radius 2 is 1.89 bits per heavy atom. The van der Waals surface area contributed by atoms with Crippen LogP contribution in [-0.2, 0) is 16.5 Å². The molecule has 108 valence electrons. The third-order valence-electron chi connectivity index (χ3n) is 2.75. The number of unbranched alkanes of at least 4 members (excludes halogenated alkanes) is 1. The van der Waals surface area contributed by atoms with Gasteiger partial charge in [0.25, 0.3) is 10.1 Å². The zero-order valence-electron chi connectivity index (χ0n) is 11.0. The number of ether oxygens (including phenoxy) is 2. The van der Waals surface area contributed by atoms with E-state index in [1.807, 2.05) is 0 Å². The molecule has 0 heterocycles. The Balaban J connectivity index is 2.72. The second-order valence-electron chi connectivity index (χ2n) is 4.14. The van der Waals surface area contributed by atoms with E-state index in [1.165, 1.54) is 7.11 Å². The zero-order valence-corrected chi connectivity index (χ0v) is 11.9. The first-order chi connectivity index (χ1) is 8.87. The third kappa shape index (κ3) is 4.96. The minimum absolute atomic E-state index is 0.245. The molecule has 1 aromatic carbocycles. The highest BCUT2D eigenvalue weighted by Gasteiger charge is 2.11. The molecule has 1 aromatic rings. The molecule has 0 aliphatic rings. The summed E-state index contributed by atoms with van der Waals surface area (Å²) in [6, 6.07) is 3.43. The maximum Gasteiger partial charge on any atom is 0.264 e. The summed E-state index contributed by atoms with van der Waals surface area (Å²) in [5.74, 6) is 0.977. The monoisotopic (exact) mass is 289 g/mol. The van der Waals surface area contributed by atoms with Gasteiger partial charge in [-0.25, -0.2) is 0 Å². The molecule has 0 unspecified atom stereocenters. The zero-order chi connectivity index (χ0) is 14.5. The van der Waals surface area contributed by atoms with Crippen molar-refractivity contribution in [2.75, 3.05) is 25.7 Å². The predicted molar refractivity (Wildman–Crippen MR) is 73.3 cm³/mol. The molecule has 0 saturated carbocycles. The number of nitrogen functional groups attached to an aromatic ring is 1. The van der Waals surface area contributed by atoms with Gasteiger partial charge in [-0.15, -0.1) is 0 Å². The molecular formula is C12H19NO5S. The molecule has 0 aliphatic carbocycles. The molecule has 0 radical (unpaired) electrons. The summed E-state index contributed by atoms with van der Waals surface area (Å²) in [4.78, 5) is 0. The van der Waals surface area contributed by atoms with E-state index in [9.17, 15) is 8.42 Å². The van der Waals surface area contributed by atoms with Gasteiger partial charge in [-0.05, 0) is 19.3 Å². The van der Waals surface area contributed by atoms with Crippen LogP contribution in [0, 0.1) is 0 Å². The van der Waals surface area contributed by atoms with Gasteiger partial charge < -0.3 is 15.2 Å². The van der Waals surface area contributed by atoms with E-state index >= 15 is 0 Å². The van der Waals surface area contributed by atoms with Crippen molar-refractivity contribution in [1.29, 1.82) is 0 Å². The quantitative estimate of drug-likeness (QED) is 0.448.